The first-order valence-corrected chi connectivity index (χ1v) is 6.53. The van der Waals surface area contributed by atoms with Crippen molar-refractivity contribution in [3.8, 4) is 0 Å². The van der Waals surface area contributed by atoms with Crippen molar-refractivity contribution in [1.29, 1.82) is 0 Å². The highest BCUT2D eigenvalue weighted by molar-refractivity contribution is 14.1. The fraction of sp³-hybridized carbons (Fsp3) is 0.500. The van der Waals surface area contributed by atoms with Gasteiger partial charge >= 0.3 is 0 Å². The van der Waals surface area contributed by atoms with E-state index in [1.54, 1.807) is 0 Å². The smallest absolute Gasteiger partial charge is 0.0237 e. The van der Waals surface area contributed by atoms with E-state index in [4.69, 9.17) is 0 Å². The molecule has 1 fully saturated rings. The molecular weight excluding hydrogens is 335 g/mol. The molecule has 1 aromatic carbocycles. The molecule has 1 N–H and O–H groups in total. The van der Waals surface area contributed by atoms with Crippen LogP contribution in [0.3, 0.4) is 0 Å². The fourth-order valence-corrected chi connectivity index (χ4v) is 2.30. The maximum atomic E-state index is 3.42. The van der Waals surface area contributed by atoms with E-state index in [0.717, 1.165) is 26.2 Å². The Bertz CT molecular complexity index is 315. The molecule has 1 aromatic rings. The van der Waals surface area contributed by atoms with Crippen LogP contribution in [-0.2, 0) is 6.54 Å². The summed E-state index contributed by atoms with van der Waals surface area (Å²) in [5, 5.41) is 3.42. The van der Waals surface area contributed by atoms with Gasteiger partial charge in [-0.25, -0.2) is 0 Å². The molecule has 4 heteroatoms. The third-order valence-corrected chi connectivity index (χ3v) is 3.66. The first kappa shape index (κ1) is 14.2. The van der Waals surface area contributed by atoms with Crippen LogP contribution in [-0.4, -0.2) is 30.6 Å². The van der Waals surface area contributed by atoms with Gasteiger partial charge in [0.25, 0.3) is 0 Å². The van der Waals surface area contributed by atoms with E-state index in [9.17, 15) is 0 Å². The fourth-order valence-electron chi connectivity index (χ4n) is 1.94. The minimum absolute atomic E-state index is 0. The van der Waals surface area contributed by atoms with E-state index in [2.05, 4.69) is 64.0 Å². The van der Waals surface area contributed by atoms with Gasteiger partial charge in [-0.3, -0.25) is 4.90 Å². The zero-order chi connectivity index (χ0) is 10.7. The molecule has 1 heterocycles. The SMILES string of the molecule is C[C@@H]1CNCCN1Cc1ccc(I)cc1.Cl. The quantitative estimate of drug-likeness (QED) is 0.823. The summed E-state index contributed by atoms with van der Waals surface area (Å²) in [6.07, 6.45) is 0. The number of benzene rings is 1. The van der Waals surface area contributed by atoms with Crippen molar-refractivity contribution in [2.75, 3.05) is 19.6 Å². The number of nitrogens with zero attached hydrogens (tertiary/aromatic N) is 1. The van der Waals surface area contributed by atoms with Crippen LogP contribution in [0.4, 0.5) is 0 Å². The van der Waals surface area contributed by atoms with Gasteiger partial charge in [0.2, 0.25) is 0 Å². The summed E-state index contributed by atoms with van der Waals surface area (Å²) in [5.74, 6) is 0. The number of nitrogens with one attached hydrogen (secondary N) is 1. The average Bonchev–Trinajstić information content (AvgIpc) is 2.25. The predicted molar refractivity (Wildman–Crippen MR) is 79.1 cm³/mol. The third kappa shape index (κ3) is 3.87. The first-order valence-electron chi connectivity index (χ1n) is 5.45. The molecule has 0 spiro atoms. The monoisotopic (exact) mass is 352 g/mol. The maximum Gasteiger partial charge on any atom is 0.0237 e. The van der Waals surface area contributed by atoms with Crippen LogP contribution in [0, 0.1) is 3.57 Å². The summed E-state index contributed by atoms with van der Waals surface area (Å²) < 4.78 is 1.31. The zero-order valence-electron chi connectivity index (χ0n) is 9.45. The van der Waals surface area contributed by atoms with E-state index < -0.39 is 0 Å². The molecule has 1 atom stereocenters. The van der Waals surface area contributed by atoms with Gasteiger partial charge in [-0.05, 0) is 47.2 Å². The Morgan fingerprint density at radius 2 is 2.06 bits per heavy atom. The molecule has 0 amide bonds. The number of piperazine rings is 1. The minimum Gasteiger partial charge on any atom is -0.314 e. The summed E-state index contributed by atoms with van der Waals surface area (Å²) in [6, 6.07) is 9.48. The van der Waals surface area contributed by atoms with Crippen molar-refractivity contribution in [3.63, 3.8) is 0 Å². The summed E-state index contributed by atoms with van der Waals surface area (Å²) in [6.45, 7) is 6.77. The molecule has 0 bridgehead atoms. The number of halogens is 2. The van der Waals surface area contributed by atoms with Crippen LogP contribution in [0.1, 0.15) is 12.5 Å². The molecule has 0 saturated carbocycles. The summed E-state index contributed by atoms with van der Waals surface area (Å²) >= 11 is 2.35. The molecule has 0 unspecified atom stereocenters. The Morgan fingerprint density at radius 3 is 2.69 bits per heavy atom. The van der Waals surface area contributed by atoms with Gasteiger partial charge in [0.1, 0.15) is 0 Å². The standard InChI is InChI=1S/C12H17IN2.ClH/c1-10-8-14-6-7-15(10)9-11-2-4-12(13)5-3-11;/h2-5,10,14H,6-9H2,1H3;1H/t10-;/m1./s1. The highest BCUT2D eigenvalue weighted by Gasteiger charge is 2.17. The normalized spacial score (nSPS) is 21.5. The van der Waals surface area contributed by atoms with Crippen molar-refractivity contribution in [1.82, 2.24) is 10.2 Å². The summed E-state index contributed by atoms with van der Waals surface area (Å²) in [4.78, 5) is 2.54. The molecule has 2 nitrogen and oxygen atoms in total. The van der Waals surface area contributed by atoms with Crippen LogP contribution in [0.15, 0.2) is 24.3 Å². The highest BCUT2D eigenvalue weighted by Crippen LogP contribution is 2.12. The van der Waals surface area contributed by atoms with Gasteiger partial charge in [-0.1, -0.05) is 12.1 Å². The molecule has 16 heavy (non-hydrogen) atoms. The van der Waals surface area contributed by atoms with Gasteiger partial charge in [-0.2, -0.15) is 0 Å². The molecule has 2 rings (SSSR count). The molecular formula is C12H18ClIN2. The second-order valence-corrected chi connectivity index (χ2v) is 5.40. The lowest BCUT2D eigenvalue weighted by atomic mass is 10.1. The lowest BCUT2D eigenvalue weighted by Gasteiger charge is -2.33. The number of hydrogen-bond donors (Lipinski definition) is 1. The zero-order valence-corrected chi connectivity index (χ0v) is 12.4. The number of rotatable bonds is 2. The van der Waals surface area contributed by atoms with Crippen molar-refractivity contribution < 1.29 is 0 Å². The van der Waals surface area contributed by atoms with Crippen LogP contribution < -0.4 is 5.32 Å². The topological polar surface area (TPSA) is 15.3 Å². The lowest BCUT2D eigenvalue weighted by Crippen LogP contribution is -2.49. The lowest BCUT2D eigenvalue weighted by molar-refractivity contribution is 0.165. The molecule has 90 valence electrons. The average molecular weight is 353 g/mol. The second kappa shape index (κ2) is 6.79. The van der Waals surface area contributed by atoms with E-state index in [0.29, 0.717) is 6.04 Å². The highest BCUT2D eigenvalue weighted by atomic mass is 127. The maximum absolute atomic E-state index is 3.42. The first-order chi connectivity index (χ1) is 7.25. The van der Waals surface area contributed by atoms with Crippen LogP contribution in [0.5, 0.6) is 0 Å². The molecule has 0 radical (unpaired) electrons. The van der Waals surface area contributed by atoms with E-state index >= 15 is 0 Å². The van der Waals surface area contributed by atoms with Gasteiger partial charge < -0.3 is 5.32 Å². The van der Waals surface area contributed by atoms with E-state index in [1.807, 2.05) is 0 Å². The Labute approximate surface area is 117 Å². The molecule has 1 saturated heterocycles. The molecule has 1 aliphatic rings. The Morgan fingerprint density at radius 1 is 1.38 bits per heavy atom. The van der Waals surface area contributed by atoms with Crippen LogP contribution >= 0.6 is 35.0 Å². The summed E-state index contributed by atoms with van der Waals surface area (Å²) in [5.41, 5.74) is 1.42. The third-order valence-electron chi connectivity index (χ3n) is 2.94. The van der Waals surface area contributed by atoms with E-state index in [1.165, 1.54) is 9.13 Å². The Kier molecular flexibility index (Phi) is 6.03. The van der Waals surface area contributed by atoms with Crippen molar-refractivity contribution >= 4 is 35.0 Å². The second-order valence-electron chi connectivity index (χ2n) is 4.15. The van der Waals surface area contributed by atoms with Gasteiger partial charge in [0, 0.05) is 35.8 Å². The van der Waals surface area contributed by atoms with Crippen LogP contribution in [0.2, 0.25) is 0 Å². The Hall–Kier alpha value is 0.160. The van der Waals surface area contributed by atoms with Crippen LogP contribution in [0.25, 0.3) is 0 Å². The van der Waals surface area contributed by atoms with Crippen molar-refractivity contribution in [3.05, 3.63) is 33.4 Å². The van der Waals surface area contributed by atoms with Crippen molar-refractivity contribution in [2.24, 2.45) is 0 Å². The summed E-state index contributed by atoms with van der Waals surface area (Å²) in [7, 11) is 0. The van der Waals surface area contributed by atoms with E-state index in [-0.39, 0.29) is 12.4 Å². The largest absolute Gasteiger partial charge is 0.314 e. The van der Waals surface area contributed by atoms with Gasteiger partial charge in [0.05, 0.1) is 0 Å². The molecule has 0 aliphatic carbocycles. The molecule has 0 aromatic heterocycles. The molecule has 1 aliphatic heterocycles. The Balaban J connectivity index is 0.00000128. The van der Waals surface area contributed by atoms with Gasteiger partial charge in [0.15, 0.2) is 0 Å². The van der Waals surface area contributed by atoms with Gasteiger partial charge in [-0.15, -0.1) is 12.4 Å². The predicted octanol–water partition coefficient (Wildman–Crippen LogP) is 2.51. The minimum atomic E-state index is 0. The number of hydrogen-bond acceptors (Lipinski definition) is 2. The van der Waals surface area contributed by atoms with Crippen molar-refractivity contribution in [2.45, 2.75) is 19.5 Å².